The molecule has 0 unspecified atom stereocenters. The minimum absolute atomic E-state index is 0. The summed E-state index contributed by atoms with van der Waals surface area (Å²) in [4.78, 5) is 11.4. The van der Waals surface area contributed by atoms with E-state index in [-0.39, 0.29) is 18.5 Å². The van der Waals surface area contributed by atoms with Crippen LogP contribution in [-0.4, -0.2) is 31.3 Å². The molecule has 1 spiro atoms. The summed E-state index contributed by atoms with van der Waals surface area (Å²) in [6, 6.07) is 0. The Balaban J connectivity index is 0.00000144. The summed E-state index contributed by atoms with van der Waals surface area (Å²) in [6.45, 7) is 8.73. The smallest absolute Gasteiger partial charge is 0.407 e. The molecule has 5 heteroatoms. The number of hydrogen-bond donors (Lipinski definition) is 2. The summed E-state index contributed by atoms with van der Waals surface area (Å²) in [6.07, 6.45) is 2.20. The first-order valence-corrected chi connectivity index (χ1v) is 6.06. The van der Waals surface area contributed by atoms with E-state index >= 15 is 0 Å². The summed E-state index contributed by atoms with van der Waals surface area (Å²) in [5.41, 5.74) is 0.184. The number of ether oxygens (including phenoxy) is 1. The van der Waals surface area contributed by atoms with Gasteiger partial charge < -0.3 is 15.4 Å². The molecular formula is C12H23ClN2O2. The Hall–Kier alpha value is -0.480. The van der Waals surface area contributed by atoms with E-state index in [0.29, 0.717) is 11.3 Å². The molecular weight excluding hydrogens is 240 g/mol. The van der Waals surface area contributed by atoms with Crippen LogP contribution in [0.1, 0.15) is 33.6 Å². The molecule has 1 aliphatic heterocycles. The van der Waals surface area contributed by atoms with Crippen molar-refractivity contribution in [2.45, 2.75) is 39.2 Å². The topological polar surface area (TPSA) is 50.4 Å². The van der Waals surface area contributed by atoms with Crippen molar-refractivity contribution < 1.29 is 9.53 Å². The molecule has 0 radical (unpaired) electrons. The van der Waals surface area contributed by atoms with Crippen LogP contribution in [-0.2, 0) is 4.74 Å². The molecule has 1 amide bonds. The highest BCUT2D eigenvalue weighted by molar-refractivity contribution is 5.85. The zero-order valence-electron chi connectivity index (χ0n) is 10.8. The first-order chi connectivity index (χ1) is 7.39. The Morgan fingerprint density at radius 2 is 2.00 bits per heavy atom. The van der Waals surface area contributed by atoms with Crippen molar-refractivity contribution >= 4 is 18.5 Å². The number of amides is 1. The Labute approximate surface area is 109 Å². The Bertz CT molecular complexity index is 277. The standard InChI is InChI=1S/C12H22N2O2.ClH/c1-11(2,3)16-10(15)14-6-9-4-12(5-9)7-13-8-12;/h9,13H,4-8H2,1-3H3,(H,14,15);1H. The van der Waals surface area contributed by atoms with Gasteiger partial charge in [-0.2, -0.15) is 0 Å². The fraction of sp³-hybridized carbons (Fsp3) is 0.917. The highest BCUT2D eigenvalue weighted by Gasteiger charge is 2.48. The molecule has 17 heavy (non-hydrogen) atoms. The second-order valence-corrected chi connectivity index (χ2v) is 6.26. The zero-order chi connectivity index (χ0) is 11.8. The van der Waals surface area contributed by atoms with Crippen LogP contribution in [0.25, 0.3) is 0 Å². The van der Waals surface area contributed by atoms with Crippen molar-refractivity contribution in [2.75, 3.05) is 19.6 Å². The van der Waals surface area contributed by atoms with Crippen LogP contribution in [0.15, 0.2) is 0 Å². The quantitative estimate of drug-likeness (QED) is 0.800. The van der Waals surface area contributed by atoms with Crippen molar-refractivity contribution in [1.82, 2.24) is 10.6 Å². The largest absolute Gasteiger partial charge is 0.444 e. The minimum atomic E-state index is -0.400. The van der Waals surface area contributed by atoms with Crippen LogP contribution >= 0.6 is 12.4 Å². The van der Waals surface area contributed by atoms with E-state index in [0.717, 1.165) is 19.6 Å². The third-order valence-electron chi connectivity index (χ3n) is 3.38. The van der Waals surface area contributed by atoms with Gasteiger partial charge in [0.1, 0.15) is 5.60 Å². The van der Waals surface area contributed by atoms with Gasteiger partial charge in [0.2, 0.25) is 0 Å². The molecule has 0 aromatic heterocycles. The first kappa shape index (κ1) is 14.6. The second kappa shape index (κ2) is 5.02. The van der Waals surface area contributed by atoms with E-state index in [1.165, 1.54) is 12.8 Å². The lowest BCUT2D eigenvalue weighted by Gasteiger charge is -2.54. The molecule has 0 atom stereocenters. The van der Waals surface area contributed by atoms with Crippen molar-refractivity contribution in [3.05, 3.63) is 0 Å². The van der Waals surface area contributed by atoms with Crippen LogP contribution in [0.4, 0.5) is 4.79 Å². The van der Waals surface area contributed by atoms with Crippen molar-refractivity contribution in [1.29, 1.82) is 0 Å². The highest BCUT2D eigenvalue weighted by atomic mass is 35.5. The summed E-state index contributed by atoms with van der Waals surface area (Å²) in [5, 5.41) is 6.15. The Morgan fingerprint density at radius 3 is 2.41 bits per heavy atom. The van der Waals surface area contributed by atoms with Gasteiger partial charge in [0.15, 0.2) is 0 Å². The third-order valence-corrected chi connectivity index (χ3v) is 3.38. The van der Waals surface area contributed by atoms with Crippen molar-refractivity contribution in [3.8, 4) is 0 Å². The molecule has 2 aliphatic rings. The number of halogens is 1. The van der Waals surface area contributed by atoms with Gasteiger partial charge in [0.25, 0.3) is 0 Å². The maximum atomic E-state index is 11.4. The van der Waals surface area contributed by atoms with E-state index in [9.17, 15) is 4.79 Å². The molecule has 4 nitrogen and oxygen atoms in total. The Morgan fingerprint density at radius 1 is 1.41 bits per heavy atom. The fourth-order valence-corrected chi connectivity index (χ4v) is 2.62. The highest BCUT2D eigenvalue weighted by Crippen LogP contribution is 2.47. The molecule has 2 N–H and O–H groups in total. The molecule has 1 saturated carbocycles. The number of carbonyl (C=O) groups excluding carboxylic acids is 1. The maximum Gasteiger partial charge on any atom is 0.407 e. The van der Waals surface area contributed by atoms with E-state index in [1.807, 2.05) is 20.8 Å². The lowest BCUT2D eigenvalue weighted by molar-refractivity contribution is -0.00184. The van der Waals surface area contributed by atoms with Gasteiger partial charge >= 0.3 is 6.09 Å². The number of nitrogens with one attached hydrogen (secondary N) is 2. The van der Waals surface area contributed by atoms with Gasteiger partial charge in [-0.3, -0.25) is 0 Å². The van der Waals surface area contributed by atoms with Crippen molar-refractivity contribution in [2.24, 2.45) is 11.3 Å². The first-order valence-electron chi connectivity index (χ1n) is 6.06. The van der Waals surface area contributed by atoms with Gasteiger partial charge in [-0.05, 0) is 44.9 Å². The predicted molar refractivity (Wildman–Crippen MR) is 69.5 cm³/mol. The molecule has 100 valence electrons. The normalized spacial score (nSPS) is 22.1. The molecule has 1 saturated heterocycles. The average molecular weight is 263 g/mol. The molecule has 0 aromatic rings. The van der Waals surface area contributed by atoms with Gasteiger partial charge in [0.05, 0.1) is 0 Å². The molecule has 2 fully saturated rings. The Kier molecular flexibility index (Phi) is 4.31. The summed E-state index contributed by atoms with van der Waals surface area (Å²) in [5.74, 6) is 0.648. The third kappa shape index (κ3) is 3.75. The van der Waals surface area contributed by atoms with E-state index in [4.69, 9.17) is 4.74 Å². The molecule has 1 aliphatic carbocycles. The monoisotopic (exact) mass is 262 g/mol. The van der Waals surface area contributed by atoms with E-state index in [2.05, 4.69) is 10.6 Å². The lowest BCUT2D eigenvalue weighted by Crippen LogP contribution is -2.61. The number of hydrogen-bond acceptors (Lipinski definition) is 3. The number of rotatable bonds is 2. The fourth-order valence-electron chi connectivity index (χ4n) is 2.62. The van der Waals surface area contributed by atoms with E-state index in [1.54, 1.807) is 0 Å². The molecule has 0 aromatic carbocycles. The van der Waals surface area contributed by atoms with Gasteiger partial charge in [-0.15, -0.1) is 12.4 Å². The maximum absolute atomic E-state index is 11.4. The SMILES string of the molecule is CC(C)(C)OC(=O)NCC1CC2(CNC2)C1.Cl. The van der Waals surface area contributed by atoms with Gasteiger partial charge in [0, 0.05) is 19.6 Å². The zero-order valence-corrected chi connectivity index (χ0v) is 11.7. The number of carbonyl (C=O) groups is 1. The summed E-state index contributed by atoms with van der Waals surface area (Å²) >= 11 is 0. The predicted octanol–water partition coefficient (Wildman–Crippen LogP) is 1.93. The molecule has 2 rings (SSSR count). The second-order valence-electron chi connectivity index (χ2n) is 6.26. The molecule has 1 heterocycles. The van der Waals surface area contributed by atoms with Gasteiger partial charge in [-0.25, -0.2) is 4.79 Å². The lowest BCUT2D eigenvalue weighted by atomic mass is 9.58. The van der Waals surface area contributed by atoms with Crippen LogP contribution in [0, 0.1) is 11.3 Å². The van der Waals surface area contributed by atoms with Crippen molar-refractivity contribution in [3.63, 3.8) is 0 Å². The summed E-state index contributed by atoms with van der Waals surface area (Å²) < 4.78 is 5.19. The minimum Gasteiger partial charge on any atom is -0.444 e. The van der Waals surface area contributed by atoms with Gasteiger partial charge in [-0.1, -0.05) is 0 Å². The van der Waals surface area contributed by atoms with Crippen LogP contribution in [0.3, 0.4) is 0 Å². The van der Waals surface area contributed by atoms with Crippen LogP contribution in [0.2, 0.25) is 0 Å². The average Bonchev–Trinajstić information content (AvgIpc) is 1.94. The van der Waals surface area contributed by atoms with E-state index < -0.39 is 5.60 Å². The summed E-state index contributed by atoms with van der Waals surface area (Å²) in [7, 11) is 0. The van der Waals surface area contributed by atoms with Crippen LogP contribution < -0.4 is 10.6 Å². The molecule has 0 bridgehead atoms. The number of alkyl carbamates (subject to hydrolysis) is 1. The van der Waals surface area contributed by atoms with Crippen LogP contribution in [0.5, 0.6) is 0 Å².